The van der Waals surface area contributed by atoms with Crippen molar-refractivity contribution in [3.63, 3.8) is 0 Å². The van der Waals surface area contributed by atoms with Gasteiger partial charge in [-0.05, 0) is 55.7 Å². The summed E-state index contributed by atoms with van der Waals surface area (Å²) < 4.78 is 56.3. The topological polar surface area (TPSA) is 60.9 Å². The standard InChI is InChI=1S/C26H25F3N2O4/c27-26(28,29)20-9-6-10-21(16-20)34-18-24(32)31-14-4-1-5-15-33-22-11-2-3-12-23(22)35-25-19(17-31)8-7-13-30-25/h2-3,6-13,16H,1,4-5,14-15,17-18H2. The SMILES string of the molecule is O=C(COc1cccc(C(F)(F)F)c1)N1CCCCCOc2ccccc2Oc2ncccc2C1. The van der Waals surface area contributed by atoms with E-state index < -0.39 is 11.7 Å². The van der Waals surface area contributed by atoms with E-state index in [1.807, 2.05) is 24.3 Å². The number of ether oxygens (including phenoxy) is 3. The van der Waals surface area contributed by atoms with Crippen LogP contribution in [-0.4, -0.2) is 35.5 Å². The summed E-state index contributed by atoms with van der Waals surface area (Å²) in [7, 11) is 0. The number of nitrogens with zero attached hydrogens (tertiary/aromatic N) is 2. The van der Waals surface area contributed by atoms with Crippen molar-refractivity contribution in [2.45, 2.75) is 32.0 Å². The molecule has 1 aliphatic rings. The maximum absolute atomic E-state index is 13.0. The van der Waals surface area contributed by atoms with Crippen molar-refractivity contribution in [1.29, 1.82) is 0 Å². The van der Waals surface area contributed by atoms with Gasteiger partial charge in [-0.3, -0.25) is 4.79 Å². The molecule has 1 aliphatic heterocycles. The first-order valence-corrected chi connectivity index (χ1v) is 11.3. The Kier molecular flexibility index (Phi) is 7.74. The molecule has 1 amide bonds. The Morgan fingerprint density at radius 2 is 1.83 bits per heavy atom. The van der Waals surface area contributed by atoms with Crippen LogP contribution in [0.25, 0.3) is 0 Å². The number of alkyl halides is 3. The number of hydrogen-bond donors (Lipinski definition) is 0. The van der Waals surface area contributed by atoms with Crippen molar-refractivity contribution in [1.82, 2.24) is 9.88 Å². The zero-order valence-corrected chi connectivity index (χ0v) is 19.0. The molecule has 0 fully saturated rings. The molecule has 0 unspecified atom stereocenters. The van der Waals surface area contributed by atoms with Crippen molar-refractivity contribution in [2.75, 3.05) is 19.8 Å². The summed E-state index contributed by atoms with van der Waals surface area (Å²) in [5.74, 6) is 1.13. The Labute approximate surface area is 201 Å². The molecule has 9 heteroatoms. The van der Waals surface area contributed by atoms with Crippen LogP contribution in [0, 0.1) is 0 Å². The van der Waals surface area contributed by atoms with Gasteiger partial charge in [0.25, 0.3) is 5.91 Å². The maximum Gasteiger partial charge on any atom is 0.416 e. The van der Waals surface area contributed by atoms with Gasteiger partial charge in [0.05, 0.1) is 18.7 Å². The lowest BCUT2D eigenvalue weighted by molar-refractivity contribution is -0.137. The largest absolute Gasteiger partial charge is 0.490 e. The number of amides is 1. The van der Waals surface area contributed by atoms with Crippen molar-refractivity contribution in [3.05, 3.63) is 78.0 Å². The first kappa shape index (κ1) is 24.4. The van der Waals surface area contributed by atoms with E-state index >= 15 is 0 Å². The number of carbonyl (C=O) groups is 1. The van der Waals surface area contributed by atoms with Crippen LogP contribution in [0.4, 0.5) is 13.2 Å². The third kappa shape index (κ3) is 6.65. The molecule has 0 aliphatic carbocycles. The number of para-hydroxylation sites is 2. The third-order valence-corrected chi connectivity index (χ3v) is 5.47. The van der Waals surface area contributed by atoms with Gasteiger partial charge in [-0.25, -0.2) is 4.98 Å². The first-order chi connectivity index (χ1) is 16.9. The second kappa shape index (κ2) is 11.1. The molecule has 1 aromatic heterocycles. The van der Waals surface area contributed by atoms with E-state index in [4.69, 9.17) is 14.2 Å². The van der Waals surface area contributed by atoms with Crippen molar-refractivity contribution >= 4 is 5.91 Å². The third-order valence-electron chi connectivity index (χ3n) is 5.47. The van der Waals surface area contributed by atoms with E-state index in [2.05, 4.69) is 4.98 Å². The van der Waals surface area contributed by atoms with E-state index in [0.29, 0.717) is 36.1 Å². The van der Waals surface area contributed by atoms with Crippen molar-refractivity contribution < 1.29 is 32.2 Å². The van der Waals surface area contributed by atoms with Gasteiger partial charge in [-0.15, -0.1) is 0 Å². The molecule has 4 rings (SSSR count). The number of rotatable bonds is 3. The average molecular weight is 486 g/mol. The summed E-state index contributed by atoms with van der Waals surface area (Å²) in [6.45, 7) is 0.787. The summed E-state index contributed by atoms with van der Waals surface area (Å²) in [4.78, 5) is 19.0. The number of fused-ring (bicyclic) bond motifs is 2. The lowest BCUT2D eigenvalue weighted by atomic mass is 10.2. The second-order valence-corrected chi connectivity index (χ2v) is 8.06. The summed E-state index contributed by atoms with van der Waals surface area (Å²) in [5.41, 5.74) is -0.140. The van der Waals surface area contributed by atoms with Crippen LogP contribution in [0.3, 0.4) is 0 Å². The zero-order valence-electron chi connectivity index (χ0n) is 19.0. The Morgan fingerprint density at radius 3 is 2.66 bits per heavy atom. The molecule has 0 bridgehead atoms. The highest BCUT2D eigenvalue weighted by Gasteiger charge is 2.30. The Morgan fingerprint density at radius 1 is 1.00 bits per heavy atom. The van der Waals surface area contributed by atoms with Gasteiger partial charge in [0.2, 0.25) is 5.88 Å². The molecule has 2 aromatic carbocycles. The van der Waals surface area contributed by atoms with Gasteiger partial charge in [-0.2, -0.15) is 13.2 Å². The van der Waals surface area contributed by atoms with Gasteiger partial charge in [0.15, 0.2) is 18.1 Å². The smallest absolute Gasteiger partial charge is 0.416 e. The number of pyridine rings is 1. The fourth-order valence-electron chi connectivity index (χ4n) is 3.65. The highest BCUT2D eigenvalue weighted by Crippen LogP contribution is 2.33. The highest BCUT2D eigenvalue weighted by atomic mass is 19.4. The monoisotopic (exact) mass is 486 g/mol. The van der Waals surface area contributed by atoms with Crippen LogP contribution in [0.2, 0.25) is 0 Å². The molecule has 6 nitrogen and oxygen atoms in total. The van der Waals surface area contributed by atoms with Crippen LogP contribution in [0.15, 0.2) is 66.9 Å². The van der Waals surface area contributed by atoms with E-state index in [9.17, 15) is 18.0 Å². The predicted octanol–water partition coefficient (Wildman–Crippen LogP) is 5.86. The molecular formula is C26H25F3N2O4. The number of aromatic nitrogens is 1. The van der Waals surface area contributed by atoms with Gasteiger partial charge in [0.1, 0.15) is 5.75 Å². The number of benzene rings is 2. The molecule has 0 saturated heterocycles. The fraction of sp³-hybridized carbons (Fsp3) is 0.308. The van der Waals surface area contributed by atoms with Gasteiger partial charge in [-0.1, -0.05) is 24.3 Å². The zero-order chi connectivity index (χ0) is 24.7. The Balaban J connectivity index is 1.51. The summed E-state index contributed by atoms with van der Waals surface area (Å²) in [5, 5.41) is 0. The maximum atomic E-state index is 13.0. The molecule has 3 aromatic rings. The molecule has 0 spiro atoms. The molecular weight excluding hydrogens is 461 g/mol. The normalized spacial score (nSPS) is 14.7. The number of carbonyl (C=O) groups excluding carboxylic acids is 1. The Hall–Kier alpha value is -3.75. The average Bonchev–Trinajstić information content (AvgIpc) is 2.86. The predicted molar refractivity (Wildman–Crippen MR) is 122 cm³/mol. The summed E-state index contributed by atoms with van der Waals surface area (Å²) >= 11 is 0. The van der Waals surface area contributed by atoms with E-state index in [-0.39, 0.29) is 24.8 Å². The van der Waals surface area contributed by atoms with Crippen LogP contribution < -0.4 is 14.2 Å². The molecule has 35 heavy (non-hydrogen) atoms. The number of halogens is 3. The molecule has 184 valence electrons. The number of hydrogen-bond acceptors (Lipinski definition) is 5. The van der Waals surface area contributed by atoms with E-state index in [1.54, 1.807) is 23.2 Å². The van der Waals surface area contributed by atoms with Gasteiger partial charge >= 0.3 is 6.18 Å². The van der Waals surface area contributed by atoms with Crippen LogP contribution >= 0.6 is 0 Å². The quantitative estimate of drug-likeness (QED) is 0.464. The van der Waals surface area contributed by atoms with Gasteiger partial charge < -0.3 is 19.1 Å². The van der Waals surface area contributed by atoms with E-state index in [1.165, 1.54) is 12.1 Å². The second-order valence-electron chi connectivity index (χ2n) is 8.06. The van der Waals surface area contributed by atoms with E-state index in [0.717, 1.165) is 31.4 Å². The summed E-state index contributed by atoms with van der Waals surface area (Å²) in [6.07, 6.45) is -0.526. The molecule has 0 atom stereocenters. The first-order valence-electron chi connectivity index (χ1n) is 11.3. The fourth-order valence-corrected chi connectivity index (χ4v) is 3.65. The molecule has 2 heterocycles. The van der Waals surface area contributed by atoms with Crippen molar-refractivity contribution in [3.8, 4) is 23.1 Å². The van der Waals surface area contributed by atoms with Crippen LogP contribution in [0.1, 0.15) is 30.4 Å². The lowest BCUT2D eigenvalue weighted by Crippen LogP contribution is -2.35. The minimum atomic E-state index is -4.49. The molecule has 0 radical (unpaired) electrons. The van der Waals surface area contributed by atoms with Crippen LogP contribution in [0.5, 0.6) is 23.1 Å². The summed E-state index contributed by atoms with van der Waals surface area (Å²) in [6, 6.07) is 15.4. The van der Waals surface area contributed by atoms with Crippen LogP contribution in [-0.2, 0) is 17.5 Å². The molecule has 0 N–H and O–H groups in total. The van der Waals surface area contributed by atoms with Crippen molar-refractivity contribution in [2.24, 2.45) is 0 Å². The minimum Gasteiger partial charge on any atom is -0.490 e. The lowest BCUT2D eigenvalue weighted by Gasteiger charge is -2.24. The highest BCUT2D eigenvalue weighted by molar-refractivity contribution is 5.77. The molecule has 0 saturated carbocycles. The van der Waals surface area contributed by atoms with Gasteiger partial charge in [0, 0.05) is 18.3 Å². The minimum absolute atomic E-state index is 0.0156. The Bertz CT molecular complexity index is 1150.